The van der Waals surface area contributed by atoms with E-state index in [-0.39, 0.29) is 0 Å². The van der Waals surface area contributed by atoms with Crippen molar-refractivity contribution in [3.05, 3.63) is 42.5 Å². The lowest BCUT2D eigenvalue weighted by atomic mass is 10.0. The van der Waals surface area contributed by atoms with Gasteiger partial charge in [0, 0.05) is 12.2 Å². The molecule has 0 amide bonds. The van der Waals surface area contributed by atoms with Gasteiger partial charge in [-0.3, -0.25) is 0 Å². The molecule has 18 heavy (non-hydrogen) atoms. The summed E-state index contributed by atoms with van der Waals surface area (Å²) in [5.41, 5.74) is 1.26. The maximum absolute atomic E-state index is 3.56. The molecule has 2 aromatic rings. The smallest absolute Gasteiger partial charge is 0.0346 e. The second-order valence-corrected chi connectivity index (χ2v) is 5.43. The number of hydrogen-bond donors (Lipinski definition) is 1. The summed E-state index contributed by atoms with van der Waals surface area (Å²) in [7, 11) is 0. The van der Waals surface area contributed by atoms with Gasteiger partial charge in [0.25, 0.3) is 0 Å². The van der Waals surface area contributed by atoms with Crippen molar-refractivity contribution in [3.63, 3.8) is 0 Å². The second kappa shape index (κ2) is 5.43. The van der Waals surface area contributed by atoms with Crippen LogP contribution in [0.2, 0.25) is 0 Å². The van der Waals surface area contributed by atoms with Crippen molar-refractivity contribution < 1.29 is 0 Å². The Balaban J connectivity index is 1.60. The molecule has 1 nitrogen and oxygen atoms in total. The minimum Gasteiger partial charge on any atom is -0.385 e. The molecular weight excluding hydrogens is 218 g/mol. The first-order valence-electron chi connectivity index (χ1n) is 7.14. The van der Waals surface area contributed by atoms with E-state index in [1.807, 2.05) is 0 Å². The number of fused-ring (bicyclic) bond motifs is 1. The molecule has 0 unspecified atom stereocenters. The SMILES string of the molecule is c1ccc2cc(NCCC3CCCC3)ccc2c1. The highest BCUT2D eigenvalue weighted by Crippen LogP contribution is 2.27. The fraction of sp³-hybridized carbons (Fsp3) is 0.412. The van der Waals surface area contributed by atoms with Gasteiger partial charge in [0.2, 0.25) is 0 Å². The summed E-state index contributed by atoms with van der Waals surface area (Å²) >= 11 is 0. The molecule has 0 aliphatic heterocycles. The Bertz CT molecular complexity index is 512. The molecule has 0 radical (unpaired) electrons. The van der Waals surface area contributed by atoms with E-state index >= 15 is 0 Å². The van der Waals surface area contributed by atoms with Crippen LogP contribution in [0, 0.1) is 5.92 Å². The van der Waals surface area contributed by atoms with Gasteiger partial charge >= 0.3 is 0 Å². The summed E-state index contributed by atoms with van der Waals surface area (Å²) in [5, 5.41) is 6.20. The van der Waals surface area contributed by atoms with Gasteiger partial charge in [-0.05, 0) is 35.2 Å². The second-order valence-electron chi connectivity index (χ2n) is 5.43. The first-order valence-corrected chi connectivity index (χ1v) is 7.14. The normalized spacial score (nSPS) is 16.2. The van der Waals surface area contributed by atoms with Crippen LogP contribution < -0.4 is 5.32 Å². The molecule has 2 aromatic carbocycles. The molecule has 0 bridgehead atoms. The van der Waals surface area contributed by atoms with Crippen LogP contribution in [-0.2, 0) is 0 Å². The highest BCUT2D eigenvalue weighted by atomic mass is 14.9. The fourth-order valence-electron chi connectivity index (χ4n) is 3.02. The molecule has 1 aliphatic carbocycles. The zero-order valence-corrected chi connectivity index (χ0v) is 10.9. The summed E-state index contributed by atoms with van der Waals surface area (Å²) < 4.78 is 0. The predicted octanol–water partition coefficient (Wildman–Crippen LogP) is 4.83. The van der Waals surface area contributed by atoms with E-state index < -0.39 is 0 Å². The van der Waals surface area contributed by atoms with Gasteiger partial charge in [0.1, 0.15) is 0 Å². The van der Waals surface area contributed by atoms with Crippen molar-refractivity contribution in [3.8, 4) is 0 Å². The molecule has 0 atom stereocenters. The highest BCUT2D eigenvalue weighted by Gasteiger charge is 2.13. The van der Waals surface area contributed by atoms with Crippen molar-refractivity contribution in [2.24, 2.45) is 5.92 Å². The van der Waals surface area contributed by atoms with Gasteiger partial charge in [-0.25, -0.2) is 0 Å². The number of rotatable bonds is 4. The molecule has 1 N–H and O–H groups in total. The minimum absolute atomic E-state index is 0.970. The Morgan fingerprint density at radius 2 is 1.72 bits per heavy atom. The Morgan fingerprint density at radius 3 is 2.56 bits per heavy atom. The van der Waals surface area contributed by atoms with Crippen LogP contribution in [-0.4, -0.2) is 6.54 Å². The van der Waals surface area contributed by atoms with E-state index in [1.165, 1.54) is 48.6 Å². The quantitative estimate of drug-likeness (QED) is 0.805. The maximum atomic E-state index is 3.56. The van der Waals surface area contributed by atoms with Gasteiger partial charge in [0.15, 0.2) is 0 Å². The van der Waals surface area contributed by atoms with E-state index in [2.05, 4.69) is 47.8 Å². The number of anilines is 1. The molecule has 0 saturated heterocycles. The van der Waals surface area contributed by atoms with Crippen molar-refractivity contribution in [1.82, 2.24) is 0 Å². The van der Waals surface area contributed by atoms with Gasteiger partial charge in [-0.1, -0.05) is 56.0 Å². The van der Waals surface area contributed by atoms with E-state index in [0.717, 1.165) is 12.5 Å². The molecule has 1 saturated carbocycles. The number of hydrogen-bond acceptors (Lipinski definition) is 1. The molecule has 0 aromatic heterocycles. The summed E-state index contributed by atoms with van der Waals surface area (Å²) in [6.45, 7) is 1.11. The van der Waals surface area contributed by atoms with Crippen LogP contribution >= 0.6 is 0 Å². The molecule has 0 spiro atoms. The minimum atomic E-state index is 0.970. The number of nitrogens with one attached hydrogen (secondary N) is 1. The van der Waals surface area contributed by atoms with E-state index in [0.29, 0.717) is 0 Å². The molecule has 94 valence electrons. The van der Waals surface area contributed by atoms with Gasteiger partial charge < -0.3 is 5.32 Å². The van der Waals surface area contributed by atoms with Gasteiger partial charge in [-0.2, -0.15) is 0 Å². The first-order chi connectivity index (χ1) is 8.92. The largest absolute Gasteiger partial charge is 0.385 e. The Kier molecular flexibility index (Phi) is 3.49. The summed E-state index contributed by atoms with van der Waals surface area (Å²) in [6, 6.07) is 15.2. The van der Waals surface area contributed by atoms with Crippen molar-refractivity contribution in [1.29, 1.82) is 0 Å². The van der Waals surface area contributed by atoms with Crippen LogP contribution in [0.4, 0.5) is 5.69 Å². The lowest BCUT2D eigenvalue weighted by Gasteiger charge is -2.11. The topological polar surface area (TPSA) is 12.0 Å². The monoisotopic (exact) mass is 239 g/mol. The van der Waals surface area contributed by atoms with E-state index in [1.54, 1.807) is 0 Å². The number of benzene rings is 2. The zero-order chi connectivity index (χ0) is 12.2. The molecule has 3 rings (SSSR count). The Labute approximate surface area is 109 Å². The fourth-order valence-corrected chi connectivity index (χ4v) is 3.02. The third-order valence-electron chi connectivity index (χ3n) is 4.11. The highest BCUT2D eigenvalue weighted by molar-refractivity contribution is 5.85. The average Bonchev–Trinajstić information content (AvgIpc) is 2.92. The summed E-state index contributed by atoms with van der Waals surface area (Å²) in [4.78, 5) is 0. The Morgan fingerprint density at radius 1 is 0.944 bits per heavy atom. The van der Waals surface area contributed by atoms with Gasteiger partial charge in [-0.15, -0.1) is 0 Å². The van der Waals surface area contributed by atoms with Crippen LogP contribution in [0.25, 0.3) is 10.8 Å². The third-order valence-corrected chi connectivity index (χ3v) is 4.11. The zero-order valence-electron chi connectivity index (χ0n) is 10.9. The summed E-state index contributed by atoms with van der Waals surface area (Å²) in [6.07, 6.45) is 7.10. The lowest BCUT2D eigenvalue weighted by Crippen LogP contribution is -2.06. The maximum Gasteiger partial charge on any atom is 0.0346 e. The van der Waals surface area contributed by atoms with E-state index in [9.17, 15) is 0 Å². The van der Waals surface area contributed by atoms with Crippen molar-refractivity contribution >= 4 is 16.5 Å². The van der Waals surface area contributed by atoms with Crippen LogP contribution in [0.3, 0.4) is 0 Å². The van der Waals surface area contributed by atoms with Crippen molar-refractivity contribution in [2.75, 3.05) is 11.9 Å². The van der Waals surface area contributed by atoms with Crippen LogP contribution in [0.5, 0.6) is 0 Å². The molecule has 1 heteroatoms. The molecular formula is C17H21N. The lowest BCUT2D eigenvalue weighted by molar-refractivity contribution is 0.519. The summed E-state index contributed by atoms with van der Waals surface area (Å²) in [5.74, 6) is 0.970. The van der Waals surface area contributed by atoms with Crippen molar-refractivity contribution in [2.45, 2.75) is 32.1 Å². The molecule has 0 heterocycles. The van der Waals surface area contributed by atoms with Crippen LogP contribution in [0.15, 0.2) is 42.5 Å². The average molecular weight is 239 g/mol. The predicted molar refractivity (Wildman–Crippen MR) is 79.0 cm³/mol. The van der Waals surface area contributed by atoms with Crippen LogP contribution in [0.1, 0.15) is 32.1 Å². The van der Waals surface area contributed by atoms with E-state index in [4.69, 9.17) is 0 Å². The molecule has 1 aliphatic rings. The third kappa shape index (κ3) is 2.66. The molecule has 1 fully saturated rings. The van der Waals surface area contributed by atoms with Gasteiger partial charge in [0.05, 0.1) is 0 Å². The Hall–Kier alpha value is -1.50. The first kappa shape index (κ1) is 11.6. The standard InChI is InChI=1S/C17H21N/c1-2-6-14(5-1)11-12-18-17-10-9-15-7-3-4-8-16(15)13-17/h3-4,7-10,13-14,18H,1-2,5-6,11-12H2.